The van der Waals surface area contributed by atoms with Crippen molar-refractivity contribution in [3.63, 3.8) is 0 Å². The van der Waals surface area contributed by atoms with E-state index < -0.39 is 0 Å². The quantitative estimate of drug-likeness (QED) is 0.741. The molecule has 2 rings (SSSR count). The maximum atomic E-state index is 11.7. The topological polar surface area (TPSA) is 29.5 Å². The monoisotopic (exact) mass is 283 g/mol. The molecular formula is C12H14BrNO2. The van der Waals surface area contributed by atoms with E-state index in [1.807, 2.05) is 6.07 Å². The minimum atomic E-state index is -0.248. The lowest BCUT2D eigenvalue weighted by molar-refractivity contribution is 0.0598. The first kappa shape index (κ1) is 11.6. The van der Waals surface area contributed by atoms with E-state index in [-0.39, 0.29) is 5.97 Å². The predicted octanol–water partition coefficient (Wildman–Crippen LogP) is 2.22. The molecule has 0 fully saturated rings. The van der Waals surface area contributed by atoms with Crippen molar-refractivity contribution in [1.29, 1.82) is 0 Å². The Balaban J connectivity index is 2.50. The van der Waals surface area contributed by atoms with Crippen molar-refractivity contribution in [3.05, 3.63) is 33.3 Å². The highest BCUT2D eigenvalue weighted by Gasteiger charge is 2.21. The first-order valence-electron chi connectivity index (χ1n) is 5.20. The van der Waals surface area contributed by atoms with Gasteiger partial charge in [-0.25, -0.2) is 4.79 Å². The number of esters is 1. The van der Waals surface area contributed by atoms with Crippen LogP contribution >= 0.6 is 15.9 Å². The van der Waals surface area contributed by atoms with Crippen LogP contribution in [0.3, 0.4) is 0 Å². The zero-order chi connectivity index (χ0) is 11.7. The maximum Gasteiger partial charge on any atom is 0.338 e. The Morgan fingerprint density at radius 3 is 2.94 bits per heavy atom. The number of hydrogen-bond acceptors (Lipinski definition) is 3. The highest BCUT2D eigenvalue weighted by molar-refractivity contribution is 9.10. The summed E-state index contributed by atoms with van der Waals surface area (Å²) < 4.78 is 5.74. The molecule has 0 saturated carbocycles. The lowest BCUT2D eigenvalue weighted by Crippen LogP contribution is -2.28. The summed E-state index contributed by atoms with van der Waals surface area (Å²) in [6.07, 6.45) is 0.906. The van der Waals surface area contributed by atoms with E-state index in [2.05, 4.69) is 33.9 Å². The molecule has 1 aromatic rings. The number of hydrogen-bond donors (Lipinski definition) is 0. The average Bonchev–Trinajstić information content (AvgIpc) is 2.26. The van der Waals surface area contributed by atoms with Crippen molar-refractivity contribution in [2.45, 2.75) is 13.0 Å². The molecule has 1 aliphatic rings. The van der Waals surface area contributed by atoms with Crippen molar-refractivity contribution < 1.29 is 9.53 Å². The molecule has 1 heterocycles. The van der Waals surface area contributed by atoms with E-state index in [0.717, 1.165) is 29.5 Å². The first-order valence-corrected chi connectivity index (χ1v) is 5.99. The Labute approximate surface area is 104 Å². The van der Waals surface area contributed by atoms with Crippen LogP contribution in [-0.4, -0.2) is 31.6 Å². The number of carbonyl (C=O) groups excluding carboxylic acids is 1. The number of ether oxygens (including phenoxy) is 1. The second-order valence-corrected chi connectivity index (χ2v) is 4.99. The largest absolute Gasteiger partial charge is 0.465 e. The number of halogens is 1. The molecular weight excluding hydrogens is 270 g/mol. The fourth-order valence-electron chi connectivity index (χ4n) is 2.09. The number of rotatable bonds is 1. The van der Waals surface area contributed by atoms with E-state index >= 15 is 0 Å². The second-order valence-electron chi connectivity index (χ2n) is 4.07. The summed E-state index contributed by atoms with van der Waals surface area (Å²) in [6, 6.07) is 3.92. The molecule has 0 N–H and O–H groups in total. The molecule has 0 spiro atoms. The molecule has 1 aliphatic heterocycles. The number of likely N-dealkylation sites (N-methyl/N-ethyl adjacent to an activating group) is 1. The van der Waals surface area contributed by atoms with Gasteiger partial charge < -0.3 is 9.64 Å². The predicted molar refractivity (Wildman–Crippen MR) is 65.5 cm³/mol. The summed E-state index contributed by atoms with van der Waals surface area (Å²) in [5.41, 5.74) is 3.04. The van der Waals surface area contributed by atoms with Crippen LogP contribution in [0.2, 0.25) is 0 Å². The van der Waals surface area contributed by atoms with E-state index in [9.17, 15) is 4.79 Å². The third kappa shape index (κ3) is 2.13. The third-order valence-electron chi connectivity index (χ3n) is 2.90. The molecule has 0 amide bonds. The maximum absolute atomic E-state index is 11.7. The molecule has 86 valence electrons. The van der Waals surface area contributed by atoms with Gasteiger partial charge in [-0.3, -0.25) is 0 Å². The van der Waals surface area contributed by atoms with Crippen molar-refractivity contribution >= 4 is 21.9 Å². The van der Waals surface area contributed by atoms with Gasteiger partial charge in [0.05, 0.1) is 12.7 Å². The van der Waals surface area contributed by atoms with E-state index in [4.69, 9.17) is 4.74 Å². The van der Waals surface area contributed by atoms with Gasteiger partial charge in [0.15, 0.2) is 0 Å². The SMILES string of the molecule is COC(=O)c1cc(Br)cc2c1CCN(C)C2. The molecule has 16 heavy (non-hydrogen) atoms. The number of methoxy groups -OCH3 is 1. The van der Waals surface area contributed by atoms with Gasteiger partial charge in [0, 0.05) is 17.6 Å². The van der Waals surface area contributed by atoms with E-state index in [1.165, 1.54) is 12.7 Å². The number of fused-ring (bicyclic) bond motifs is 1. The van der Waals surface area contributed by atoms with Crippen LogP contribution in [-0.2, 0) is 17.7 Å². The molecule has 1 aromatic carbocycles. The number of nitrogens with zero attached hydrogens (tertiary/aromatic N) is 1. The van der Waals surface area contributed by atoms with Crippen molar-refractivity contribution in [2.75, 3.05) is 20.7 Å². The standard InChI is InChI=1S/C12H14BrNO2/c1-14-4-3-10-8(7-14)5-9(13)6-11(10)12(15)16-2/h5-6H,3-4,7H2,1-2H3. The zero-order valence-electron chi connectivity index (χ0n) is 9.42. The van der Waals surface area contributed by atoms with Gasteiger partial charge in [0.1, 0.15) is 0 Å². The molecule has 0 aromatic heterocycles. The van der Waals surface area contributed by atoms with Crippen molar-refractivity contribution in [1.82, 2.24) is 4.90 Å². The summed E-state index contributed by atoms with van der Waals surface area (Å²) in [5.74, 6) is -0.248. The molecule has 0 unspecified atom stereocenters. The van der Waals surface area contributed by atoms with Gasteiger partial charge in [-0.15, -0.1) is 0 Å². The van der Waals surface area contributed by atoms with Crippen LogP contribution in [0.5, 0.6) is 0 Å². The zero-order valence-corrected chi connectivity index (χ0v) is 11.0. The van der Waals surface area contributed by atoms with Crippen LogP contribution in [0.15, 0.2) is 16.6 Å². The summed E-state index contributed by atoms with van der Waals surface area (Å²) in [4.78, 5) is 13.9. The molecule has 0 bridgehead atoms. The Morgan fingerprint density at radius 1 is 1.50 bits per heavy atom. The molecule has 0 radical (unpaired) electrons. The minimum absolute atomic E-state index is 0.248. The number of carbonyl (C=O) groups is 1. The molecule has 0 aliphatic carbocycles. The van der Waals surface area contributed by atoms with Gasteiger partial charge in [-0.1, -0.05) is 15.9 Å². The third-order valence-corrected chi connectivity index (χ3v) is 3.35. The Bertz CT molecular complexity index is 431. The Morgan fingerprint density at radius 2 is 2.25 bits per heavy atom. The second kappa shape index (κ2) is 4.55. The fraction of sp³-hybridized carbons (Fsp3) is 0.417. The van der Waals surface area contributed by atoms with Gasteiger partial charge in [-0.2, -0.15) is 0 Å². The van der Waals surface area contributed by atoms with Crippen LogP contribution in [0.25, 0.3) is 0 Å². The minimum Gasteiger partial charge on any atom is -0.465 e. The highest BCUT2D eigenvalue weighted by Crippen LogP contribution is 2.26. The van der Waals surface area contributed by atoms with Crippen LogP contribution in [0.4, 0.5) is 0 Å². The summed E-state index contributed by atoms with van der Waals surface area (Å²) in [5, 5.41) is 0. The van der Waals surface area contributed by atoms with E-state index in [1.54, 1.807) is 0 Å². The van der Waals surface area contributed by atoms with Gasteiger partial charge >= 0.3 is 5.97 Å². The molecule has 4 heteroatoms. The van der Waals surface area contributed by atoms with Crippen molar-refractivity contribution in [2.24, 2.45) is 0 Å². The molecule has 0 atom stereocenters. The average molecular weight is 284 g/mol. The van der Waals surface area contributed by atoms with Crippen LogP contribution < -0.4 is 0 Å². The lowest BCUT2D eigenvalue weighted by atomic mass is 9.95. The van der Waals surface area contributed by atoms with Crippen LogP contribution in [0.1, 0.15) is 21.5 Å². The molecule has 3 nitrogen and oxygen atoms in total. The fourth-order valence-corrected chi connectivity index (χ4v) is 2.60. The first-order chi connectivity index (χ1) is 7.61. The van der Waals surface area contributed by atoms with Gasteiger partial charge in [0.2, 0.25) is 0 Å². The summed E-state index contributed by atoms with van der Waals surface area (Å²) in [6.45, 7) is 1.87. The van der Waals surface area contributed by atoms with Crippen LogP contribution in [0, 0.1) is 0 Å². The summed E-state index contributed by atoms with van der Waals surface area (Å²) in [7, 11) is 3.51. The normalized spacial score (nSPS) is 15.7. The van der Waals surface area contributed by atoms with Crippen molar-refractivity contribution in [3.8, 4) is 0 Å². The molecule has 0 saturated heterocycles. The number of benzene rings is 1. The highest BCUT2D eigenvalue weighted by atomic mass is 79.9. The van der Waals surface area contributed by atoms with Gasteiger partial charge in [-0.05, 0) is 36.7 Å². The van der Waals surface area contributed by atoms with E-state index in [0.29, 0.717) is 5.56 Å². The smallest absolute Gasteiger partial charge is 0.338 e. The lowest BCUT2D eigenvalue weighted by Gasteiger charge is -2.26. The van der Waals surface area contributed by atoms with Gasteiger partial charge in [0.25, 0.3) is 0 Å². The Kier molecular flexibility index (Phi) is 3.30. The Hall–Kier alpha value is -0.870. The summed E-state index contributed by atoms with van der Waals surface area (Å²) >= 11 is 3.43.